The summed E-state index contributed by atoms with van der Waals surface area (Å²) in [5.41, 5.74) is 1.08. The lowest BCUT2D eigenvalue weighted by Gasteiger charge is -2.11. The summed E-state index contributed by atoms with van der Waals surface area (Å²) in [5.74, 6) is -0.957. The molecule has 2 aromatic rings. The van der Waals surface area contributed by atoms with Crippen LogP contribution >= 0.6 is 0 Å². The molecule has 0 aliphatic heterocycles. The maximum Gasteiger partial charge on any atom is 0.573 e. The van der Waals surface area contributed by atoms with Gasteiger partial charge in [-0.2, -0.15) is 0 Å². The van der Waals surface area contributed by atoms with E-state index in [1.54, 1.807) is 24.3 Å². The highest BCUT2D eigenvalue weighted by atomic mass is 32.2. The number of halogens is 3. The normalized spacial score (nSPS) is 12.0. The van der Waals surface area contributed by atoms with E-state index in [2.05, 4.69) is 14.8 Å². The molecule has 0 aliphatic carbocycles. The first kappa shape index (κ1) is 21.3. The largest absolute Gasteiger partial charge is 0.573 e. The van der Waals surface area contributed by atoms with Crippen LogP contribution in [0.25, 0.3) is 6.08 Å². The highest BCUT2D eigenvalue weighted by Gasteiger charge is 2.31. The van der Waals surface area contributed by atoms with Crippen LogP contribution in [0.1, 0.15) is 11.1 Å². The fraction of sp³-hybridized carbons (Fsp3) is 0.167. The molecule has 0 heterocycles. The molecule has 0 aliphatic rings. The maximum absolute atomic E-state index is 12.4. The summed E-state index contributed by atoms with van der Waals surface area (Å²) < 4.78 is 65.9. The molecule has 0 saturated heterocycles. The number of carbonyl (C=O) groups excluding carboxylic acids is 1. The van der Waals surface area contributed by atoms with Crippen LogP contribution in [0.5, 0.6) is 5.75 Å². The number of anilines is 1. The molecule has 0 spiro atoms. The van der Waals surface area contributed by atoms with Crippen molar-refractivity contribution in [3.63, 3.8) is 0 Å². The molecule has 0 atom stereocenters. The Labute approximate surface area is 160 Å². The average molecular weight is 414 g/mol. The highest BCUT2D eigenvalue weighted by Crippen LogP contribution is 2.26. The van der Waals surface area contributed by atoms with Crippen LogP contribution < -0.4 is 14.8 Å². The van der Waals surface area contributed by atoms with E-state index in [1.165, 1.54) is 24.3 Å². The summed E-state index contributed by atoms with van der Waals surface area (Å²) in [6.07, 6.45) is -1.53. The van der Waals surface area contributed by atoms with Gasteiger partial charge < -0.3 is 10.1 Å². The van der Waals surface area contributed by atoms with Crippen molar-refractivity contribution < 1.29 is 31.1 Å². The fourth-order valence-electron chi connectivity index (χ4n) is 2.21. The monoisotopic (exact) mass is 414 g/mol. The smallest absolute Gasteiger partial charge is 0.405 e. The second-order valence-corrected chi connectivity index (χ2v) is 7.46. The van der Waals surface area contributed by atoms with Gasteiger partial charge in [0.05, 0.1) is 6.26 Å². The van der Waals surface area contributed by atoms with Gasteiger partial charge in [-0.15, -0.1) is 13.2 Å². The second kappa shape index (κ2) is 8.79. The quantitative estimate of drug-likeness (QED) is 0.681. The number of nitrogens with one attached hydrogen (secondary N) is 2. The van der Waals surface area contributed by atoms with Crippen molar-refractivity contribution in [1.29, 1.82) is 0 Å². The van der Waals surface area contributed by atoms with Crippen molar-refractivity contribution in [1.82, 2.24) is 5.32 Å². The average Bonchev–Trinajstić information content (AvgIpc) is 2.57. The number of hydrogen-bond acceptors (Lipinski definition) is 4. The fourth-order valence-corrected chi connectivity index (χ4v) is 2.76. The minimum absolute atomic E-state index is 0.0920. The molecule has 0 fully saturated rings. The van der Waals surface area contributed by atoms with Crippen molar-refractivity contribution in [2.24, 2.45) is 0 Å². The van der Waals surface area contributed by atoms with E-state index in [-0.39, 0.29) is 12.1 Å². The number of ether oxygens (including phenoxy) is 1. The number of benzene rings is 2. The van der Waals surface area contributed by atoms with Gasteiger partial charge in [0.25, 0.3) is 0 Å². The number of carbonyl (C=O) groups is 1. The Kier molecular flexibility index (Phi) is 6.68. The lowest BCUT2D eigenvalue weighted by atomic mass is 10.2. The third kappa shape index (κ3) is 7.70. The van der Waals surface area contributed by atoms with E-state index in [9.17, 15) is 26.4 Å². The first-order valence-electron chi connectivity index (χ1n) is 7.89. The van der Waals surface area contributed by atoms with Crippen LogP contribution in [-0.4, -0.2) is 26.9 Å². The topological polar surface area (TPSA) is 84.5 Å². The van der Waals surface area contributed by atoms with Gasteiger partial charge in [0.2, 0.25) is 15.9 Å². The molecule has 1 amide bonds. The predicted molar refractivity (Wildman–Crippen MR) is 98.9 cm³/mol. The van der Waals surface area contributed by atoms with Gasteiger partial charge in [-0.1, -0.05) is 30.3 Å². The van der Waals surface area contributed by atoms with Crippen LogP contribution in [-0.2, 0) is 21.4 Å². The van der Waals surface area contributed by atoms with Gasteiger partial charge in [0, 0.05) is 23.9 Å². The lowest BCUT2D eigenvalue weighted by molar-refractivity contribution is -0.274. The molecule has 2 aromatic carbocycles. The Morgan fingerprint density at radius 1 is 1.14 bits per heavy atom. The molecule has 0 radical (unpaired) electrons. The van der Waals surface area contributed by atoms with E-state index < -0.39 is 28.0 Å². The second-order valence-electron chi connectivity index (χ2n) is 5.71. The van der Waals surface area contributed by atoms with Gasteiger partial charge >= 0.3 is 6.36 Å². The summed E-state index contributed by atoms with van der Waals surface area (Å²) in [6, 6.07) is 11.8. The molecule has 2 rings (SSSR count). The first-order chi connectivity index (χ1) is 13.0. The van der Waals surface area contributed by atoms with E-state index in [0.717, 1.165) is 18.4 Å². The standard InChI is InChI=1S/C18H17F3N2O4S/c1-28(25,26)23-15-7-4-5-13(11-15)12-22-17(24)10-9-14-6-2-3-8-16(14)27-18(19,20)21/h2-11,23H,12H2,1H3,(H,22,24). The zero-order valence-electron chi connectivity index (χ0n) is 14.7. The van der Waals surface area contributed by atoms with E-state index in [0.29, 0.717) is 11.3 Å². The summed E-state index contributed by atoms with van der Waals surface area (Å²) in [6.45, 7) is 0.100. The van der Waals surface area contributed by atoms with Crippen molar-refractivity contribution in [2.45, 2.75) is 12.9 Å². The first-order valence-corrected chi connectivity index (χ1v) is 9.78. The molecule has 2 N–H and O–H groups in total. The molecular weight excluding hydrogens is 397 g/mol. The van der Waals surface area contributed by atoms with Crippen LogP contribution in [0.15, 0.2) is 54.6 Å². The third-order valence-electron chi connectivity index (χ3n) is 3.26. The molecule has 28 heavy (non-hydrogen) atoms. The number of para-hydroxylation sites is 1. The predicted octanol–water partition coefficient (Wildman–Crippen LogP) is 3.29. The van der Waals surface area contributed by atoms with Crippen molar-refractivity contribution in [3.8, 4) is 5.75 Å². The Morgan fingerprint density at radius 3 is 2.54 bits per heavy atom. The minimum atomic E-state index is -4.84. The minimum Gasteiger partial charge on any atom is -0.405 e. The molecule has 0 unspecified atom stereocenters. The summed E-state index contributed by atoms with van der Waals surface area (Å²) in [7, 11) is -3.42. The zero-order chi connectivity index (χ0) is 20.8. The highest BCUT2D eigenvalue weighted by molar-refractivity contribution is 7.92. The molecule has 6 nitrogen and oxygen atoms in total. The number of sulfonamides is 1. The lowest BCUT2D eigenvalue weighted by Crippen LogP contribution is -2.20. The Hall–Kier alpha value is -3.01. The van der Waals surface area contributed by atoms with Crippen molar-refractivity contribution in [3.05, 3.63) is 65.7 Å². The summed E-state index contributed by atoms with van der Waals surface area (Å²) >= 11 is 0. The maximum atomic E-state index is 12.4. The molecule has 0 aromatic heterocycles. The SMILES string of the molecule is CS(=O)(=O)Nc1cccc(CNC(=O)C=Cc2ccccc2OC(F)(F)F)c1. The van der Waals surface area contributed by atoms with Crippen LogP contribution in [0, 0.1) is 0 Å². The number of amides is 1. The van der Waals surface area contributed by atoms with E-state index in [4.69, 9.17) is 0 Å². The summed E-state index contributed by atoms with van der Waals surface area (Å²) in [4.78, 5) is 11.9. The Balaban J connectivity index is 1.99. The van der Waals surface area contributed by atoms with E-state index in [1.807, 2.05) is 0 Å². The molecular formula is C18H17F3N2O4S. The van der Waals surface area contributed by atoms with Crippen LogP contribution in [0.3, 0.4) is 0 Å². The molecule has 150 valence electrons. The Morgan fingerprint density at radius 2 is 1.86 bits per heavy atom. The molecule has 10 heteroatoms. The number of hydrogen-bond donors (Lipinski definition) is 2. The Bertz CT molecular complexity index is 973. The third-order valence-corrected chi connectivity index (χ3v) is 3.86. The van der Waals surface area contributed by atoms with Crippen LogP contribution in [0.2, 0.25) is 0 Å². The summed E-state index contributed by atoms with van der Waals surface area (Å²) in [5, 5.41) is 2.56. The van der Waals surface area contributed by atoms with Gasteiger partial charge in [0.1, 0.15) is 5.75 Å². The number of alkyl halides is 3. The van der Waals surface area contributed by atoms with Gasteiger partial charge in [-0.3, -0.25) is 9.52 Å². The van der Waals surface area contributed by atoms with Crippen LogP contribution in [0.4, 0.5) is 18.9 Å². The molecule has 0 bridgehead atoms. The molecule has 0 saturated carbocycles. The zero-order valence-corrected chi connectivity index (χ0v) is 15.5. The van der Waals surface area contributed by atoms with Gasteiger partial charge in [-0.25, -0.2) is 8.42 Å². The number of rotatable bonds is 7. The van der Waals surface area contributed by atoms with Crippen molar-refractivity contribution >= 4 is 27.7 Å². The van der Waals surface area contributed by atoms with Crippen molar-refractivity contribution in [2.75, 3.05) is 11.0 Å². The van der Waals surface area contributed by atoms with Gasteiger partial charge in [0.15, 0.2) is 0 Å². The van der Waals surface area contributed by atoms with Gasteiger partial charge in [-0.05, 0) is 29.8 Å². The van der Waals surface area contributed by atoms with E-state index >= 15 is 0 Å².